The zero-order chi connectivity index (χ0) is 14.7. The standard InChI is InChI=1S/C14H17FN4O/c1-3-18(2)12-7-14(20)19(17-8-12)9-10-4-5-11(15)6-13(10)16/h4-8H,3,9,16H2,1-2H3. The molecule has 0 aliphatic heterocycles. The molecule has 0 spiro atoms. The second kappa shape index (κ2) is 5.73. The Bertz CT molecular complexity index is 668. The van der Waals surface area contributed by atoms with E-state index in [4.69, 9.17) is 5.73 Å². The molecule has 0 bridgehead atoms. The zero-order valence-electron chi connectivity index (χ0n) is 11.5. The quantitative estimate of drug-likeness (QED) is 0.859. The number of benzene rings is 1. The van der Waals surface area contributed by atoms with Crippen LogP contribution in [0, 0.1) is 5.82 Å². The van der Waals surface area contributed by atoms with Gasteiger partial charge in [-0.25, -0.2) is 9.07 Å². The van der Waals surface area contributed by atoms with Crippen molar-refractivity contribution in [1.29, 1.82) is 0 Å². The van der Waals surface area contributed by atoms with Crippen LogP contribution in [-0.2, 0) is 6.54 Å². The number of hydrogen-bond donors (Lipinski definition) is 1. The van der Waals surface area contributed by atoms with Gasteiger partial charge in [0.25, 0.3) is 5.56 Å². The lowest BCUT2D eigenvalue weighted by Crippen LogP contribution is -2.26. The van der Waals surface area contributed by atoms with Gasteiger partial charge >= 0.3 is 0 Å². The number of anilines is 2. The average molecular weight is 276 g/mol. The van der Waals surface area contributed by atoms with Crippen LogP contribution in [-0.4, -0.2) is 23.4 Å². The number of nitrogen functional groups attached to an aromatic ring is 1. The van der Waals surface area contributed by atoms with Crippen molar-refractivity contribution in [2.24, 2.45) is 0 Å². The van der Waals surface area contributed by atoms with E-state index in [9.17, 15) is 9.18 Å². The third-order valence-corrected chi connectivity index (χ3v) is 3.20. The fourth-order valence-corrected chi connectivity index (χ4v) is 1.81. The van der Waals surface area contributed by atoms with Crippen molar-refractivity contribution >= 4 is 11.4 Å². The highest BCUT2D eigenvalue weighted by atomic mass is 19.1. The van der Waals surface area contributed by atoms with Crippen molar-refractivity contribution in [2.75, 3.05) is 24.2 Å². The van der Waals surface area contributed by atoms with Crippen molar-refractivity contribution < 1.29 is 4.39 Å². The SMILES string of the molecule is CCN(C)c1cnn(Cc2ccc(F)cc2N)c(=O)c1. The van der Waals surface area contributed by atoms with Gasteiger partial charge in [0.15, 0.2) is 0 Å². The summed E-state index contributed by atoms with van der Waals surface area (Å²) in [6.07, 6.45) is 1.63. The number of rotatable bonds is 4. The molecule has 0 radical (unpaired) electrons. The topological polar surface area (TPSA) is 64.2 Å². The van der Waals surface area contributed by atoms with Crippen LogP contribution in [0.25, 0.3) is 0 Å². The van der Waals surface area contributed by atoms with Gasteiger partial charge in [-0.2, -0.15) is 5.10 Å². The number of nitrogens with zero attached hydrogens (tertiary/aromatic N) is 3. The van der Waals surface area contributed by atoms with Crippen LogP contribution in [0.2, 0.25) is 0 Å². The maximum Gasteiger partial charge on any atom is 0.269 e. The van der Waals surface area contributed by atoms with E-state index in [0.717, 1.165) is 12.2 Å². The third-order valence-electron chi connectivity index (χ3n) is 3.20. The summed E-state index contributed by atoms with van der Waals surface area (Å²) in [4.78, 5) is 13.9. The first-order chi connectivity index (χ1) is 9.51. The molecule has 1 aromatic carbocycles. The Labute approximate surface area is 116 Å². The highest BCUT2D eigenvalue weighted by Crippen LogP contribution is 2.14. The highest BCUT2D eigenvalue weighted by Gasteiger charge is 2.06. The molecule has 0 atom stereocenters. The van der Waals surface area contributed by atoms with E-state index < -0.39 is 5.82 Å². The van der Waals surface area contributed by atoms with Gasteiger partial charge in [0.1, 0.15) is 5.82 Å². The lowest BCUT2D eigenvalue weighted by atomic mass is 10.2. The zero-order valence-corrected chi connectivity index (χ0v) is 11.5. The summed E-state index contributed by atoms with van der Waals surface area (Å²) in [5, 5.41) is 4.12. The van der Waals surface area contributed by atoms with Crippen molar-refractivity contribution in [3.05, 3.63) is 52.2 Å². The Hall–Kier alpha value is -2.37. The minimum Gasteiger partial charge on any atom is -0.398 e. The van der Waals surface area contributed by atoms with Crippen molar-refractivity contribution in [1.82, 2.24) is 9.78 Å². The third kappa shape index (κ3) is 2.96. The molecule has 20 heavy (non-hydrogen) atoms. The summed E-state index contributed by atoms with van der Waals surface area (Å²) in [7, 11) is 1.89. The number of nitrogens with two attached hydrogens (primary N) is 1. The molecule has 0 unspecified atom stereocenters. The Morgan fingerprint density at radius 2 is 2.15 bits per heavy atom. The molecule has 0 fully saturated rings. The molecule has 2 N–H and O–H groups in total. The molecule has 0 aliphatic carbocycles. The molecule has 6 heteroatoms. The summed E-state index contributed by atoms with van der Waals surface area (Å²) >= 11 is 0. The molecular formula is C14H17FN4O. The van der Waals surface area contributed by atoms with Gasteiger partial charge in [-0.05, 0) is 24.6 Å². The summed E-state index contributed by atoms with van der Waals surface area (Å²) in [6, 6.07) is 5.64. The highest BCUT2D eigenvalue weighted by molar-refractivity contribution is 5.47. The number of hydrogen-bond acceptors (Lipinski definition) is 4. The predicted molar refractivity (Wildman–Crippen MR) is 77.4 cm³/mol. The van der Waals surface area contributed by atoms with Gasteiger partial charge in [-0.3, -0.25) is 4.79 Å². The molecule has 106 valence electrons. The van der Waals surface area contributed by atoms with E-state index in [1.54, 1.807) is 12.3 Å². The van der Waals surface area contributed by atoms with E-state index in [2.05, 4.69) is 5.10 Å². The molecule has 5 nitrogen and oxygen atoms in total. The van der Waals surface area contributed by atoms with E-state index in [-0.39, 0.29) is 12.1 Å². The van der Waals surface area contributed by atoms with E-state index in [1.165, 1.54) is 22.9 Å². The van der Waals surface area contributed by atoms with Crippen molar-refractivity contribution in [3.8, 4) is 0 Å². The van der Waals surface area contributed by atoms with Crippen molar-refractivity contribution in [2.45, 2.75) is 13.5 Å². The molecule has 0 saturated carbocycles. The molecule has 2 aromatic rings. The van der Waals surface area contributed by atoms with Gasteiger partial charge in [0.2, 0.25) is 0 Å². The molecule has 0 amide bonds. The molecule has 1 heterocycles. The smallest absolute Gasteiger partial charge is 0.269 e. The van der Waals surface area contributed by atoms with Crippen LogP contribution in [0.3, 0.4) is 0 Å². The van der Waals surface area contributed by atoms with E-state index >= 15 is 0 Å². The van der Waals surface area contributed by atoms with E-state index in [1.807, 2.05) is 18.9 Å². The van der Waals surface area contributed by atoms with Gasteiger partial charge in [-0.1, -0.05) is 6.07 Å². The Morgan fingerprint density at radius 1 is 1.40 bits per heavy atom. The molecule has 0 saturated heterocycles. The van der Waals surface area contributed by atoms with Gasteiger partial charge in [-0.15, -0.1) is 0 Å². The van der Waals surface area contributed by atoms with Crippen LogP contribution in [0.4, 0.5) is 15.8 Å². The average Bonchev–Trinajstić information content (AvgIpc) is 2.42. The summed E-state index contributed by atoms with van der Waals surface area (Å²) in [5.41, 5.74) is 7.25. The Morgan fingerprint density at radius 3 is 2.75 bits per heavy atom. The maximum atomic E-state index is 13.0. The van der Waals surface area contributed by atoms with Crippen LogP contribution in [0.1, 0.15) is 12.5 Å². The summed E-state index contributed by atoms with van der Waals surface area (Å²) < 4.78 is 14.3. The van der Waals surface area contributed by atoms with Gasteiger partial charge < -0.3 is 10.6 Å². The van der Waals surface area contributed by atoms with Crippen molar-refractivity contribution in [3.63, 3.8) is 0 Å². The van der Waals surface area contributed by atoms with Crippen LogP contribution >= 0.6 is 0 Å². The molecule has 2 rings (SSSR count). The fraction of sp³-hybridized carbons (Fsp3) is 0.286. The van der Waals surface area contributed by atoms with Gasteiger partial charge in [0, 0.05) is 25.3 Å². The van der Waals surface area contributed by atoms with E-state index in [0.29, 0.717) is 11.3 Å². The number of halogens is 1. The lowest BCUT2D eigenvalue weighted by Gasteiger charge is -2.16. The second-order valence-corrected chi connectivity index (χ2v) is 4.57. The predicted octanol–water partition coefficient (Wildman–Crippen LogP) is 1.47. The fourth-order valence-electron chi connectivity index (χ4n) is 1.81. The minimum absolute atomic E-state index is 0.216. The largest absolute Gasteiger partial charge is 0.398 e. The minimum atomic E-state index is -0.397. The molecule has 0 aliphatic rings. The van der Waals surface area contributed by atoms with Gasteiger partial charge in [0.05, 0.1) is 18.4 Å². The lowest BCUT2D eigenvalue weighted by molar-refractivity contribution is 0.620. The summed E-state index contributed by atoms with van der Waals surface area (Å²) in [6.45, 7) is 3.00. The molecule has 1 aromatic heterocycles. The van der Waals surface area contributed by atoms with Crippen LogP contribution in [0.15, 0.2) is 35.3 Å². The van der Waals surface area contributed by atoms with Crippen LogP contribution < -0.4 is 16.2 Å². The second-order valence-electron chi connectivity index (χ2n) is 4.57. The van der Waals surface area contributed by atoms with Crippen LogP contribution in [0.5, 0.6) is 0 Å². The first-order valence-electron chi connectivity index (χ1n) is 6.33. The monoisotopic (exact) mass is 276 g/mol. The number of aromatic nitrogens is 2. The Balaban J connectivity index is 2.28. The molecular weight excluding hydrogens is 259 g/mol. The maximum absolute atomic E-state index is 13.0. The Kier molecular flexibility index (Phi) is 4.02. The first-order valence-corrected chi connectivity index (χ1v) is 6.33. The summed E-state index contributed by atoms with van der Waals surface area (Å²) in [5.74, 6) is -0.397. The normalized spacial score (nSPS) is 10.6. The first kappa shape index (κ1) is 14.0.